The molecule has 0 saturated heterocycles. The molecule has 0 bridgehead atoms. The first-order chi connectivity index (χ1) is 21.2. The molecule has 0 N–H and O–H groups in total. The smallest absolute Gasteiger partial charge is 0.122 e. The summed E-state index contributed by atoms with van der Waals surface area (Å²) >= 11 is 0. The molecule has 5 aromatic carbocycles. The van der Waals surface area contributed by atoms with Crippen molar-refractivity contribution in [1.29, 1.82) is 0 Å². The van der Waals surface area contributed by atoms with Crippen molar-refractivity contribution in [3.63, 3.8) is 0 Å². The van der Waals surface area contributed by atoms with E-state index in [0.29, 0.717) is 0 Å². The molecule has 3 heteroatoms. The van der Waals surface area contributed by atoms with Crippen LogP contribution in [0.5, 0.6) is 0 Å². The lowest BCUT2D eigenvalue weighted by Crippen LogP contribution is -2.10. The minimum Gasteiger partial charge on any atom is -0.150 e. The molecule has 0 amide bonds. The molecule has 1 aromatic heterocycles. The lowest BCUT2D eigenvalue weighted by molar-refractivity contribution is 0.590. The molecule has 45 heavy (non-hydrogen) atoms. The first-order valence-corrected chi connectivity index (χ1v) is 16.0. The normalized spacial score (nSPS) is 12.6. The Balaban J connectivity index is 1.43. The molecule has 0 aliphatic rings. The van der Waals surface area contributed by atoms with Crippen molar-refractivity contribution in [3.05, 3.63) is 126 Å². The molecule has 0 radical (unpaired) electrons. The third-order valence-electron chi connectivity index (χ3n) is 8.85. The van der Waals surface area contributed by atoms with Gasteiger partial charge in [-0.1, -0.05) is 159 Å². The molecule has 0 aliphatic heterocycles. The van der Waals surface area contributed by atoms with Gasteiger partial charge in [0.25, 0.3) is 0 Å². The molecular weight excluding hydrogens is 546 g/mol. The van der Waals surface area contributed by atoms with Gasteiger partial charge in [-0.05, 0) is 67.3 Å². The molecule has 0 aliphatic carbocycles. The Morgan fingerprint density at radius 1 is 0.356 bits per heavy atom. The van der Waals surface area contributed by atoms with Crippen molar-refractivity contribution in [2.75, 3.05) is 0 Å². The average Bonchev–Trinajstić information content (AvgIpc) is 3.45. The van der Waals surface area contributed by atoms with Crippen LogP contribution in [0.15, 0.2) is 109 Å². The van der Waals surface area contributed by atoms with Crippen LogP contribution in [0, 0.1) is 0 Å². The molecule has 6 aromatic rings. The van der Waals surface area contributed by atoms with Crippen LogP contribution < -0.4 is 0 Å². The summed E-state index contributed by atoms with van der Waals surface area (Å²) in [5.74, 6) is 0. The second-order valence-electron chi connectivity index (χ2n) is 15.4. The van der Waals surface area contributed by atoms with Crippen LogP contribution in [0.4, 0.5) is 0 Å². The van der Waals surface area contributed by atoms with E-state index in [0.717, 1.165) is 39.0 Å². The summed E-state index contributed by atoms with van der Waals surface area (Å²) in [6.07, 6.45) is 0. The SMILES string of the molecule is CC(C)(C)c1ccc(-c2ccc(-n3nc4c(-c5ccc(C(C)(C)C)cc5)ccc(-c5ccc(C(C)(C)C)cc5)c4n3)cc2)cc1. The molecule has 0 spiro atoms. The molecular formula is C42H45N3. The summed E-state index contributed by atoms with van der Waals surface area (Å²) in [5, 5.41) is 10.2. The number of fused-ring (bicyclic) bond motifs is 1. The molecule has 0 saturated carbocycles. The summed E-state index contributed by atoms with van der Waals surface area (Å²) in [7, 11) is 0. The Labute approximate surface area is 269 Å². The van der Waals surface area contributed by atoms with Crippen LogP contribution in [-0.2, 0) is 16.2 Å². The minimum absolute atomic E-state index is 0.0981. The maximum atomic E-state index is 5.12. The van der Waals surface area contributed by atoms with Crippen LogP contribution in [0.25, 0.3) is 50.1 Å². The van der Waals surface area contributed by atoms with Crippen LogP contribution in [0.3, 0.4) is 0 Å². The summed E-state index contributed by atoms with van der Waals surface area (Å²) in [4.78, 5) is 1.79. The lowest BCUT2D eigenvalue weighted by atomic mass is 9.85. The molecule has 0 fully saturated rings. The zero-order chi connectivity index (χ0) is 32.1. The summed E-state index contributed by atoms with van der Waals surface area (Å²) in [6, 6.07) is 39.6. The van der Waals surface area contributed by atoms with E-state index in [2.05, 4.69) is 172 Å². The first kappa shape index (κ1) is 30.5. The van der Waals surface area contributed by atoms with Crippen molar-refractivity contribution >= 4 is 11.0 Å². The largest absolute Gasteiger partial charge is 0.150 e. The van der Waals surface area contributed by atoms with Crippen molar-refractivity contribution < 1.29 is 0 Å². The fourth-order valence-corrected chi connectivity index (χ4v) is 5.82. The van der Waals surface area contributed by atoms with E-state index in [-0.39, 0.29) is 16.2 Å². The zero-order valence-corrected chi connectivity index (χ0v) is 28.2. The molecule has 0 atom stereocenters. The third kappa shape index (κ3) is 6.22. The maximum absolute atomic E-state index is 5.12. The Morgan fingerprint density at radius 3 is 0.956 bits per heavy atom. The highest BCUT2D eigenvalue weighted by molar-refractivity contribution is 6.00. The van der Waals surface area contributed by atoms with E-state index in [1.54, 1.807) is 4.80 Å². The second kappa shape index (κ2) is 11.1. The third-order valence-corrected chi connectivity index (χ3v) is 8.85. The van der Waals surface area contributed by atoms with Crippen molar-refractivity contribution in [3.8, 4) is 39.1 Å². The number of rotatable bonds is 4. The van der Waals surface area contributed by atoms with Gasteiger partial charge in [0.2, 0.25) is 0 Å². The summed E-state index contributed by atoms with van der Waals surface area (Å²) in [6.45, 7) is 20.2. The fourth-order valence-electron chi connectivity index (χ4n) is 5.82. The Morgan fingerprint density at radius 2 is 0.644 bits per heavy atom. The number of nitrogens with zero attached hydrogens (tertiary/aromatic N) is 3. The summed E-state index contributed by atoms with van der Waals surface area (Å²) < 4.78 is 0. The number of hydrogen-bond acceptors (Lipinski definition) is 2. The fraction of sp³-hybridized carbons (Fsp3) is 0.286. The highest BCUT2D eigenvalue weighted by atomic mass is 15.5. The molecule has 228 valence electrons. The van der Waals surface area contributed by atoms with E-state index >= 15 is 0 Å². The molecule has 0 unspecified atom stereocenters. The Bertz CT molecular complexity index is 1840. The van der Waals surface area contributed by atoms with Gasteiger partial charge < -0.3 is 0 Å². The van der Waals surface area contributed by atoms with Gasteiger partial charge in [0.15, 0.2) is 0 Å². The van der Waals surface area contributed by atoms with Gasteiger partial charge in [-0.2, -0.15) is 4.80 Å². The van der Waals surface area contributed by atoms with E-state index in [9.17, 15) is 0 Å². The van der Waals surface area contributed by atoms with Crippen LogP contribution in [-0.4, -0.2) is 15.0 Å². The van der Waals surface area contributed by atoms with Gasteiger partial charge in [0.05, 0.1) is 5.69 Å². The average molecular weight is 592 g/mol. The van der Waals surface area contributed by atoms with Crippen LogP contribution in [0.1, 0.15) is 79.0 Å². The maximum Gasteiger partial charge on any atom is 0.122 e. The van der Waals surface area contributed by atoms with Gasteiger partial charge >= 0.3 is 0 Å². The zero-order valence-electron chi connectivity index (χ0n) is 28.2. The van der Waals surface area contributed by atoms with E-state index in [1.165, 1.54) is 27.8 Å². The Kier molecular flexibility index (Phi) is 7.56. The number of hydrogen-bond donors (Lipinski definition) is 0. The second-order valence-corrected chi connectivity index (χ2v) is 15.4. The van der Waals surface area contributed by atoms with E-state index in [4.69, 9.17) is 10.2 Å². The highest BCUT2D eigenvalue weighted by Crippen LogP contribution is 2.36. The first-order valence-electron chi connectivity index (χ1n) is 16.0. The highest BCUT2D eigenvalue weighted by Gasteiger charge is 2.19. The van der Waals surface area contributed by atoms with Gasteiger partial charge in [0, 0.05) is 11.1 Å². The molecule has 6 rings (SSSR count). The topological polar surface area (TPSA) is 30.7 Å². The van der Waals surface area contributed by atoms with Gasteiger partial charge in [-0.15, -0.1) is 10.2 Å². The Hall–Kier alpha value is -4.50. The standard InChI is InChI=1S/C42H45N3/c1-40(2,3)32-18-10-28(11-19-32)29-16-24-35(25-17-29)45-43-38-36(30-12-20-33(21-13-30)41(4,5)6)26-27-37(39(38)44-45)31-14-22-34(23-15-31)42(7,8)9/h10-27H,1-9H3. The molecule has 3 nitrogen and oxygen atoms in total. The predicted molar refractivity (Wildman–Crippen MR) is 191 cm³/mol. The van der Waals surface area contributed by atoms with Gasteiger partial charge in [-0.3, -0.25) is 0 Å². The quantitative estimate of drug-likeness (QED) is 0.204. The van der Waals surface area contributed by atoms with E-state index in [1.807, 2.05) is 0 Å². The van der Waals surface area contributed by atoms with Crippen molar-refractivity contribution in [1.82, 2.24) is 15.0 Å². The minimum atomic E-state index is 0.0981. The van der Waals surface area contributed by atoms with E-state index < -0.39 is 0 Å². The van der Waals surface area contributed by atoms with Crippen LogP contribution >= 0.6 is 0 Å². The summed E-state index contributed by atoms with van der Waals surface area (Å²) in [5.41, 5.74) is 13.9. The van der Waals surface area contributed by atoms with Gasteiger partial charge in [-0.25, -0.2) is 0 Å². The predicted octanol–water partition coefficient (Wildman–Crippen LogP) is 11.3. The number of aromatic nitrogens is 3. The monoisotopic (exact) mass is 591 g/mol. The van der Waals surface area contributed by atoms with Crippen LogP contribution in [0.2, 0.25) is 0 Å². The molecule has 1 heterocycles. The van der Waals surface area contributed by atoms with Gasteiger partial charge in [0.1, 0.15) is 11.0 Å². The number of benzene rings is 5. The van der Waals surface area contributed by atoms with Crippen molar-refractivity contribution in [2.45, 2.75) is 78.6 Å². The van der Waals surface area contributed by atoms with Crippen molar-refractivity contribution in [2.24, 2.45) is 0 Å². The lowest BCUT2D eigenvalue weighted by Gasteiger charge is -2.19.